The molecule has 1 heterocycles. The highest BCUT2D eigenvalue weighted by Gasteiger charge is 2.03. The van der Waals surface area contributed by atoms with Gasteiger partial charge < -0.3 is 0 Å². The number of aromatic nitrogens is 2. The molecule has 2 aromatic rings. The summed E-state index contributed by atoms with van der Waals surface area (Å²) in [6, 6.07) is 9.63. The van der Waals surface area contributed by atoms with Gasteiger partial charge in [-0.2, -0.15) is 0 Å². The highest BCUT2D eigenvalue weighted by atomic mass is 16.5. The van der Waals surface area contributed by atoms with E-state index in [0.717, 1.165) is 11.1 Å². The molecule has 0 radical (unpaired) electrons. The van der Waals surface area contributed by atoms with Gasteiger partial charge in [0.2, 0.25) is 0 Å². The van der Waals surface area contributed by atoms with Crippen LogP contribution in [0.2, 0.25) is 0 Å². The van der Waals surface area contributed by atoms with Gasteiger partial charge in [0.1, 0.15) is 6.33 Å². The lowest BCUT2D eigenvalue weighted by atomic mass is 10.1. The van der Waals surface area contributed by atoms with E-state index in [4.69, 9.17) is 5.21 Å². The molecule has 0 aliphatic rings. The van der Waals surface area contributed by atoms with Crippen molar-refractivity contribution in [3.05, 3.63) is 42.9 Å². The molecule has 0 spiro atoms. The average Bonchev–Trinajstić information content (AvgIpc) is 2.30. The second-order valence-corrected chi connectivity index (χ2v) is 2.76. The molecule has 0 aliphatic heterocycles. The normalized spacial score (nSPS) is 9.79. The summed E-state index contributed by atoms with van der Waals surface area (Å²) in [5.74, 6) is 0.409. The van der Waals surface area contributed by atoms with Crippen LogP contribution < -0.4 is 5.48 Å². The van der Waals surface area contributed by atoms with Crippen LogP contribution in [0.4, 0.5) is 5.82 Å². The van der Waals surface area contributed by atoms with Crippen molar-refractivity contribution >= 4 is 5.82 Å². The van der Waals surface area contributed by atoms with E-state index in [-0.39, 0.29) is 0 Å². The molecule has 14 heavy (non-hydrogen) atoms. The first-order valence-electron chi connectivity index (χ1n) is 4.17. The third kappa shape index (κ3) is 1.55. The molecule has 4 heteroatoms. The minimum atomic E-state index is 0.409. The standard InChI is InChI=1S/C10H9N3O/c14-13-10-9(6-11-7-12-10)8-4-2-1-3-5-8/h1-7,14H,(H,11,12,13). The molecule has 0 amide bonds. The predicted molar refractivity (Wildman–Crippen MR) is 52.9 cm³/mol. The van der Waals surface area contributed by atoms with Gasteiger partial charge in [-0.25, -0.2) is 9.97 Å². The van der Waals surface area contributed by atoms with Crippen LogP contribution in [0.3, 0.4) is 0 Å². The van der Waals surface area contributed by atoms with Crippen molar-refractivity contribution in [1.29, 1.82) is 0 Å². The van der Waals surface area contributed by atoms with Gasteiger partial charge in [0, 0.05) is 11.8 Å². The van der Waals surface area contributed by atoms with Crippen molar-refractivity contribution in [2.75, 3.05) is 5.48 Å². The Bertz CT molecular complexity index is 417. The van der Waals surface area contributed by atoms with Crippen LogP contribution in [0.5, 0.6) is 0 Å². The number of benzene rings is 1. The third-order valence-corrected chi connectivity index (χ3v) is 1.90. The molecule has 0 aliphatic carbocycles. The maximum Gasteiger partial charge on any atom is 0.160 e. The lowest BCUT2D eigenvalue weighted by Gasteiger charge is -2.05. The maximum absolute atomic E-state index is 8.84. The number of hydrogen-bond acceptors (Lipinski definition) is 4. The highest BCUT2D eigenvalue weighted by molar-refractivity contribution is 5.73. The van der Waals surface area contributed by atoms with Crippen LogP contribution >= 0.6 is 0 Å². The molecule has 0 saturated heterocycles. The van der Waals surface area contributed by atoms with E-state index in [1.807, 2.05) is 35.8 Å². The SMILES string of the molecule is ONc1ncncc1-c1ccccc1. The van der Waals surface area contributed by atoms with Gasteiger partial charge in [-0.15, -0.1) is 0 Å². The van der Waals surface area contributed by atoms with Crippen molar-refractivity contribution < 1.29 is 5.21 Å². The minimum absolute atomic E-state index is 0.409. The first kappa shape index (κ1) is 8.65. The van der Waals surface area contributed by atoms with Crippen molar-refractivity contribution in [1.82, 2.24) is 9.97 Å². The van der Waals surface area contributed by atoms with E-state index in [1.165, 1.54) is 6.33 Å². The number of anilines is 1. The molecular weight excluding hydrogens is 178 g/mol. The zero-order valence-corrected chi connectivity index (χ0v) is 7.38. The number of rotatable bonds is 2. The Hall–Kier alpha value is -1.94. The van der Waals surface area contributed by atoms with E-state index in [1.54, 1.807) is 6.20 Å². The average molecular weight is 187 g/mol. The second kappa shape index (κ2) is 3.85. The molecule has 0 fully saturated rings. The van der Waals surface area contributed by atoms with Gasteiger partial charge in [-0.05, 0) is 5.56 Å². The van der Waals surface area contributed by atoms with Gasteiger partial charge in [-0.1, -0.05) is 30.3 Å². The first-order valence-corrected chi connectivity index (χ1v) is 4.17. The highest BCUT2D eigenvalue weighted by Crippen LogP contribution is 2.23. The predicted octanol–water partition coefficient (Wildman–Crippen LogP) is 1.94. The number of nitrogens with one attached hydrogen (secondary N) is 1. The van der Waals surface area contributed by atoms with Crippen LogP contribution in [0, 0.1) is 0 Å². The fourth-order valence-electron chi connectivity index (χ4n) is 1.25. The van der Waals surface area contributed by atoms with Crippen molar-refractivity contribution in [3.63, 3.8) is 0 Å². The molecule has 2 N–H and O–H groups in total. The van der Waals surface area contributed by atoms with Gasteiger partial charge in [0.15, 0.2) is 5.82 Å². The summed E-state index contributed by atoms with van der Waals surface area (Å²) in [4.78, 5) is 7.81. The van der Waals surface area contributed by atoms with Crippen LogP contribution in [0.25, 0.3) is 11.1 Å². The fraction of sp³-hybridized carbons (Fsp3) is 0. The Kier molecular flexibility index (Phi) is 2.38. The largest absolute Gasteiger partial charge is 0.290 e. The summed E-state index contributed by atoms with van der Waals surface area (Å²) in [7, 11) is 0. The fourth-order valence-corrected chi connectivity index (χ4v) is 1.25. The Morgan fingerprint density at radius 3 is 2.64 bits per heavy atom. The zero-order chi connectivity index (χ0) is 9.80. The van der Waals surface area contributed by atoms with Gasteiger partial charge >= 0.3 is 0 Å². The Morgan fingerprint density at radius 2 is 1.93 bits per heavy atom. The monoisotopic (exact) mass is 187 g/mol. The van der Waals surface area contributed by atoms with E-state index in [2.05, 4.69) is 9.97 Å². The number of hydrogen-bond donors (Lipinski definition) is 2. The Balaban J connectivity index is 2.51. The van der Waals surface area contributed by atoms with Crippen LogP contribution in [0.15, 0.2) is 42.9 Å². The molecule has 2 rings (SSSR count). The summed E-state index contributed by atoms with van der Waals surface area (Å²) in [5, 5.41) is 8.84. The first-order chi connectivity index (χ1) is 6.92. The smallest absolute Gasteiger partial charge is 0.160 e. The van der Waals surface area contributed by atoms with Crippen LogP contribution in [0.1, 0.15) is 0 Å². The Labute approximate surface area is 81.2 Å². The van der Waals surface area contributed by atoms with E-state index in [9.17, 15) is 0 Å². The maximum atomic E-state index is 8.84. The summed E-state index contributed by atoms with van der Waals surface area (Å²) < 4.78 is 0. The van der Waals surface area contributed by atoms with Crippen molar-refractivity contribution in [2.24, 2.45) is 0 Å². The molecule has 0 saturated carbocycles. The zero-order valence-electron chi connectivity index (χ0n) is 7.38. The van der Waals surface area contributed by atoms with Crippen molar-refractivity contribution in [3.8, 4) is 11.1 Å². The summed E-state index contributed by atoms with van der Waals surface area (Å²) in [6.07, 6.45) is 3.03. The second-order valence-electron chi connectivity index (χ2n) is 2.76. The summed E-state index contributed by atoms with van der Waals surface area (Å²) in [5.41, 5.74) is 3.78. The van der Waals surface area contributed by atoms with Gasteiger partial charge in [0.25, 0.3) is 0 Å². The van der Waals surface area contributed by atoms with E-state index in [0.29, 0.717) is 5.82 Å². The topological polar surface area (TPSA) is 58.0 Å². The lowest BCUT2D eigenvalue weighted by Crippen LogP contribution is -1.96. The molecule has 4 nitrogen and oxygen atoms in total. The summed E-state index contributed by atoms with van der Waals surface area (Å²) >= 11 is 0. The molecule has 0 atom stereocenters. The summed E-state index contributed by atoms with van der Waals surface area (Å²) in [6.45, 7) is 0. The molecule has 1 aromatic carbocycles. The van der Waals surface area contributed by atoms with Gasteiger partial charge in [-0.3, -0.25) is 10.7 Å². The quantitative estimate of drug-likeness (QED) is 0.705. The lowest BCUT2D eigenvalue weighted by molar-refractivity contribution is 0.386. The molecule has 1 aromatic heterocycles. The molecular formula is C10H9N3O. The van der Waals surface area contributed by atoms with Crippen LogP contribution in [-0.4, -0.2) is 15.2 Å². The molecule has 0 bridgehead atoms. The van der Waals surface area contributed by atoms with Gasteiger partial charge in [0.05, 0.1) is 0 Å². The van der Waals surface area contributed by atoms with Crippen LogP contribution in [-0.2, 0) is 0 Å². The van der Waals surface area contributed by atoms with Crippen molar-refractivity contribution in [2.45, 2.75) is 0 Å². The third-order valence-electron chi connectivity index (χ3n) is 1.90. The molecule has 0 unspecified atom stereocenters. The van der Waals surface area contributed by atoms with E-state index >= 15 is 0 Å². The minimum Gasteiger partial charge on any atom is -0.290 e. The molecule has 70 valence electrons. The number of nitrogens with zero attached hydrogens (tertiary/aromatic N) is 2. The van der Waals surface area contributed by atoms with E-state index < -0.39 is 0 Å². The Morgan fingerprint density at radius 1 is 1.14 bits per heavy atom.